The van der Waals surface area contributed by atoms with Crippen LogP contribution in [0, 0.1) is 5.92 Å². The third-order valence-corrected chi connectivity index (χ3v) is 2.24. The lowest BCUT2D eigenvalue weighted by molar-refractivity contribution is 0.124. The maximum absolute atomic E-state index is 5.48. The summed E-state index contributed by atoms with van der Waals surface area (Å²) in [5.41, 5.74) is 5.38. The first-order valence-corrected chi connectivity index (χ1v) is 5.89. The van der Waals surface area contributed by atoms with Crippen LogP contribution in [0.4, 0.5) is 0 Å². The maximum Gasteiger partial charge on any atom is 0.0727 e. The molecule has 0 heterocycles. The smallest absolute Gasteiger partial charge is 0.0727 e. The zero-order chi connectivity index (χ0) is 10.8. The van der Waals surface area contributed by atoms with E-state index in [0.29, 0.717) is 4.99 Å². The molecule has 0 atom stereocenters. The monoisotopic (exact) mass is 217 g/mol. The molecule has 0 rings (SSSR count). The number of hydrogen-bond acceptors (Lipinski definition) is 2. The second-order valence-electron chi connectivity index (χ2n) is 4.07. The lowest BCUT2D eigenvalue weighted by atomic mass is 10.1. The van der Waals surface area contributed by atoms with Gasteiger partial charge >= 0.3 is 0 Å². The molecule has 0 radical (unpaired) electrons. The molecule has 3 heteroatoms. The molecule has 0 unspecified atom stereocenters. The lowest BCUT2D eigenvalue weighted by Gasteiger charge is -2.05. The van der Waals surface area contributed by atoms with Crippen molar-refractivity contribution in [2.24, 2.45) is 11.7 Å². The molecule has 84 valence electrons. The number of ether oxygens (including phenoxy) is 1. The predicted octanol–water partition coefficient (Wildman–Crippen LogP) is 2.90. The first-order valence-electron chi connectivity index (χ1n) is 5.49. The summed E-state index contributed by atoms with van der Waals surface area (Å²) < 4.78 is 5.48. The highest BCUT2D eigenvalue weighted by Gasteiger charge is 1.95. The molecule has 0 amide bonds. The Morgan fingerprint density at radius 2 is 1.86 bits per heavy atom. The Labute approximate surface area is 93.2 Å². The molecule has 14 heavy (non-hydrogen) atoms. The Morgan fingerprint density at radius 1 is 1.21 bits per heavy atom. The molecule has 0 aromatic carbocycles. The van der Waals surface area contributed by atoms with E-state index in [2.05, 4.69) is 13.8 Å². The van der Waals surface area contributed by atoms with Gasteiger partial charge in [-0.3, -0.25) is 0 Å². The third kappa shape index (κ3) is 11.8. The van der Waals surface area contributed by atoms with E-state index >= 15 is 0 Å². The van der Waals surface area contributed by atoms with Crippen LogP contribution in [0.5, 0.6) is 0 Å². The van der Waals surface area contributed by atoms with E-state index < -0.39 is 0 Å². The lowest BCUT2D eigenvalue weighted by Crippen LogP contribution is -2.07. The summed E-state index contributed by atoms with van der Waals surface area (Å²) >= 11 is 4.78. The van der Waals surface area contributed by atoms with Gasteiger partial charge in [0.05, 0.1) is 4.99 Å². The van der Waals surface area contributed by atoms with E-state index in [1.165, 1.54) is 12.8 Å². The van der Waals surface area contributed by atoms with Gasteiger partial charge in [0.15, 0.2) is 0 Å². The van der Waals surface area contributed by atoms with Crippen molar-refractivity contribution in [2.45, 2.75) is 46.0 Å². The number of rotatable bonds is 9. The molecule has 0 aromatic heterocycles. The topological polar surface area (TPSA) is 35.2 Å². The van der Waals surface area contributed by atoms with Crippen molar-refractivity contribution in [3.05, 3.63) is 0 Å². The van der Waals surface area contributed by atoms with Crippen LogP contribution in [-0.4, -0.2) is 18.2 Å². The second-order valence-corrected chi connectivity index (χ2v) is 4.60. The number of unbranched alkanes of at least 4 members (excludes halogenated alkanes) is 1. The predicted molar refractivity (Wildman–Crippen MR) is 65.5 cm³/mol. The number of hydrogen-bond donors (Lipinski definition) is 1. The minimum absolute atomic E-state index is 0.616. The molecule has 0 bridgehead atoms. The van der Waals surface area contributed by atoms with Crippen LogP contribution >= 0.6 is 12.2 Å². The first kappa shape index (κ1) is 13.8. The van der Waals surface area contributed by atoms with E-state index in [-0.39, 0.29) is 0 Å². The Balaban J connectivity index is 2.96. The highest BCUT2D eigenvalue weighted by atomic mass is 32.1. The Kier molecular flexibility index (Phi) is 9.31. The quantitative estimate of drug-likeness (QED) is 0.476. The summed E-state index contributed by atoms with van der Waals surface area (Å²) in [7, 11) is 0. The van der Waals surface area contributed by atoms with Gasteiger partial charge in [0.25, 0.3) is 0 Å². The van der Waals surface area contributed by atoms with Gasteiger partial charge in [-0.15, -0.1) is 0 Å². The van der Waals surface area contributed by atoms with Crippen LogP contribution in [0.25, 0.3) is 0 Å². The fraction of sp³-hybridized carbons (Fsp3) is 0.909. The number of nitrogens with two attached hydrogens (primary N) is 1. The van der Waals surface area contributed by atoms with Crippen LogP contribution in [-0.2, 0) is 4.74 Å². The van der Waals surface area contributed by atoms with Crippen LogP contribution in [0.15, 0.2) is 0 Å². The molecular formula is C11H23NOS. The van der Waals surface area contributed by atoms with Crippen LogP contribution in [0.1, 0.15) is 46.0 Å². The van der Waals surface area contributed by atoms with Crippen molar-refractivity contribution < 1.29 is 4.74 Å². The van der Waals surface area contributed by atoms with Crippen molar-refractivity contribution in [3.63, 3.8) is 0 Å². The van der Waals surface area contributed by atoms with E-state index in [0.717, 1.165) is 38.4 Å². The van der Waals surface area contributed by atoms with Crippen LogP contribution in [0.2, 0.25) is 0 Å². The molecule has 0 saturated carbocycles. The van der Waals surface area contributed by atoms with Gasteiger partial charge in [0, 0.05) is 13.2 Å². The van der Waals surface area contributed by atoms with Gasteiger partial charge in [-0.05, 0) is 38.0 Å². The van der Waals surface area contributed by atoms with E-state index in [9.17, 15) is 0 Å². The van der Waals surface area contributed by atoms with E-state index in [1.807, 2.05) is 0 Å². The van der Waals surface area contributed by atoms with Crippen LogP contribution in [0.3, 0.4) is 0 Å². The fourth-order valence-electron chi connectivity index (χ4n) is 1.20. The summed E-state index contributed by atoms with van der Waals surface area (Å²) in [4.78, 5) is 0.616. The Morgan fingerprint density at radius 3 is 2.43 bits per heavy atom. The molecule has 2 N–H and O–H groups in total. The van der Waals surface area contributed by atoms with Crippen molar-refractivity contribution in [2.75, 3.05) is 13.2 Å². The van der Waals surface area contributed by atoms with Gasteiger partial charge in [-0.1, -0.05) is 26.1 Å². The standard InChI is InChI=1S/C11H23NOS/c1-10(2)6-5-9-13-8-4-3-7-11(12)14/h10H,3-9H2,1-2H3,(H2,12,14). The molecule has 2 nitrogen and oxygen atoms in total. The molecule has 0 aliphatic carbocycles. The molecule has 0 fully saturated rings. The largest absolute Gasteiger partial charge is 0.393 e. The fourth-order valence-corrected chi connectivity index (χ4v) is 1.34. The summed E-state index contributed by atoms with van der Waals surface area (Å²) in [6.07, 6.45) is 5.41. The second kappa shape index (κ2) is 9.41. The molecule has 0 aromatic rings. The van der Waals surface area contributed by atoms with E-state index in [1.54, 1.807) is 0 Å². The first-order chi connectivity index (χ1) is 6.63. The third-order valence-electron chi connectivity index (χ3n) is 2.03. The SMILES string of the molecule is CC(C)CCCOCCCCC(N)=S. The minimum atomic E-state index is 0.616. The van der Waals surface area contributed by atoms with Gasteiger partial charge < -0.3 is 10.5 Å². The van der Waals surface area contributed by atoms with Crippen molar-refractivity contribution in [3.8, 4) is 0 Å². The van der Waals surface area contributed by atoms with Crippen molar-refractivity contribution in [1.29, 1.82) is 0 Å². The minimum Gasteiger partial charge on any atom is -0.393 e. The zero-order valence-corrected chi connectivity index (χ0v) is 10.2. The number of thiocarbonyl (C=S) groups is 1. The average molecular weight is 217 g/mol. The molecule has 0 aliphatic rings. The highest BCUT2D eigenvalue weighted by molar-refractivity contribution is 7.80. The van der Waals surface area contributed by atoms with Gasteiger partial charge in [0.1, 0.15) is 0 Å². The molecule has 0 saturated heterocycles. The highest BCUT2D eigenvalue weighted by Crippen LogP contribution is 2.03. The van der Waals surface area contributed by atoms with E-state index in [4.69, 9.17) is 22.7 Å². The molecule has 0 aliphatic heterocycles. The molecular weight excluding hydrogens is 194 g/mol. The molecule has 0 spiro atoms. The van der Waals surface area contributed by atoms with Crippen LogP contribution < -0.4 is 5.73 Å². The maximum atomic E-state index is 5.48. The van der Waals surface area contributed by atoms with Gasteiger partial charge in [-0.25, -0.2) is 0 Å². The zero-order valence-electron chi connectivity index (χ0n) is 9.42. The van der Waals surface area contributed by atoms with Crippen molar-refractivity contribution in [1.82, 2.24) is 0 Å². The van der Waals surface area contributed by atoms with Crippen molar-refractivity contribution >= 4 is 17.2 Å². The Hall–Kier alpha value is -0.150. The summed E-state index contributed by atoms with van der Waals surface area (Å²) in [5.74, 6) is 0.785. The Bertz CT molecular complexity index is 148. The summed E-state index contributed by atoms with van der Waals surface area (Å²) in [6, 6.07) is 0. The summed E-state index contributed by atoms with van der Waals surface area (Å²) in [5, 5.41) is 0. The van der Waals surface area contributed by atoms with Gasteiger partial charge in [-0.2, -0.15) is 0 Å². The summed E-state index contributed by atoms with van der Waals surface area (Å²) in [6.45, 7) is 6.22. The average Bonchev–Trinajstić information content (AvgIpc) is 2.08. The normalized spacial score (nSPS) is 10.8. The van der Waals surface area contributed by atoms with Gasteiger partial charge in [0.2, 0.25) is 0 Å².